The molecule has 2 saturated heterocycles. The van der Waals surface area contributed by atoms with E-state index < -0.39 is 5.97 Å². The van der Waals surface area contributed by atoms with Gasteiger partial charge < -0.3 is 10.0 Å². The van der Waals surface area contributed by atoms with E-state index in [2.05, 4.69) is 16.7 Å². The lowest BCUT2D eigenvalue weighted by molar-refractivity contribution is -0.142. The van der Waals surface area contributed by atoms with Gasteiger partial charge in [0.15, 0.2) is 0 Å². The van der Waals surface area contributed by atoms with E-state index in [1.54, 1.807) is 0 Å². The first kappa shape index (κ1) is 12.8. The fourth-order valence-electron chi connectivity index (χ4n) is 3.34. The molecule has 0 aromatic carbocycles. The van der Waals surface area contributed by atoms with Crippen molar-refractivity contribution in [2.75, 3.05) is 32.7 Å². The second-order valence-corrected chi connectivity index (χ2v) is 5.53. The molecular weight excluding hydrogens is 216 g/mol. The summed E-state index contributed by atoms with van der Waals surface area (Å²) in [5.41, 5.74) is 0. The fourth-order valence-corrected chi connectivity index (χ4v) is 3.34. The van der Waals surface area contributed by atoms with E-state index in [1.165, 1.54) is 32.5 Å². The monoisotopic (exact) mass is 240 g/mol. The summed E-state index contributed by atoms with van der Waals surface area (Å²) in [6, 6.07) is 0.612. The van der Waals surface area contributed by atoms with Crippen LogP contribution in [0, 0.1) is 11.8 Å². The molecule has 0 aliphatic carbocycles. The van der Waals surface area contributed by atoms with Crippen LogP contribution in [0.5, 0.6) is 0 Å². The first-order valence-corrected chi connectivity index (χ1v) is 6.81. The van der Waals surface area contributed by atoms with Crippen molar-refractivity contribution in [2.24, 2.45) is 11.8 Å². The number of hydrogen-bond acceptors (Lipinski definition) is 3. The Labute approximate surface area is 104 Å². The van der Waals surface area contributed by atoms with Crippen LogP contribution >= 0.6 is 0 Å². The van der Waals surface area contributed by atoms with Gasteiger partial charge in [-0.1, -0.05) is 13.8 Å². The average molecular weight is 240 g/mol. The highest BCUT2D eigenvalue weighted by Crippen LogP contribution is 2.30. The molecule has 4 unspecified atom stereocenters. The molecule has 2 fully saturated rings. The first-order valence-electron chi connectivity index (χ1n) is 6.81. The SMILES string of the molecule is CCN(CC(C)C(=O)O)C1CCN2CCC1C2. The van der Waals surface area contributed by atoms with Crippen molar-refractivity contribution in [1.82, 2.24) is 9.80 Å². The number of fused-ring (bicyclic) bond motifs is 2. The molecule has 2 aliphatic rings. The van der Waals surface area contributed by atoms with Crippen LogP contribution in [0.15, 0.2) is 0 Å². The molecule has 2 bridgehead atoms. The van der Waals surface area contributed by atoms with Gasteiger partial charge in [-0.15, -0.1) is 0 Å². The lowest BCUT2D eigenvalue weighted by Crippen LogP contribution is -2.48. The average Bonchev–Trinajstić information content (AvgIpc) is 2.69. The van der Waals surface area contributed by atoms with Crippen LogP contribution in [0.25, 0.3) is 0 Å². The highest BCUT2D eigenvalue weighted by Gasteiger charge is 2.37. The van der Waals surface area contributed by atoms with Crippen LogP contribution in [0.1, 0.15) is 26.7 Å². The van der Waals surface area contributed by atoms with Crippen molar-refractivity contribution in [2.45, 2.75) is 32.7 Å². The molecule has 17 heavy (non-hydrogen) atoms. The van der Waals surface area contributed by atoms with Gasteiger partial charge in [-0.25, -0.2) is 0 Å². The van der Waals surface area contributed by atoms with E-state index in [-0.39, 0.29) is 5.92 Å². The molecule has 4 atom stereocenters. The summed E-state index contributed by atoms with van der Waals surface area (Å²) in [5, 5.41) is 9.02. The maximum atomic E-state index is 11.0. The van der Waals surface area contributed by atoms with Gasteiger partial charge in [0, 0.05) is 19.1 Å². The minimum Gasteiger partial charge on any atom is -0.481 e. The number of hydrogen-bond donors (Lipinski definition) is 1. The molecule has 0 amide bonds. The zero-order valence-corrected chi connectivity index (χ0v) is 10.9. The Hall–Kier alpha value is -0.610. The summed E-state index contributed by atoms with van der Waals surface area (Å²) in [4.78, 5) is 15.9. The highest BCUT2D eigenvalue weighted by molar-refractivity contribution is 5.69. The Morgan fingerprint density at radius 1 is 1.47 bits per heavy atom. The Morgan fingerprint density at radius 3 is 2.82 bits per heavy atom. The highest BCUT2D eigenvalue weighted by atomic mass is 16.4. The van der Waals surface area contributed by atoms with Crippen molar-refractivity contribution in [3.63, 3.8) is 0 Å². The number of aliphatic carboxylic acids is 1. The molecule has 4 nitrogen and oxygen atoms in total. The fraction of sp³-hybridized carbons (Fsp3) is 0.923. The Bertz CT molecular complexity index is 283. The van der Waals surface area contributed by atoms with E-state index in [1.807, 2.05) is 6.92 Å². The Kier molecular flexibility index (Phi) is 4.05. The third-order valence-electron chi connectivity index (χ3n) is 4.40. The van der Waals surface area contributed by atoms with Crippen LogP contribution in [0.4, 0.5) is 0 Å². The third kappa shape index (κ3) is 2.80. The zero-order chi connectivity index (χ0) is 12.4. The normalized spacial score (nSPS) is 33.9. The quantitative estimate of drug-likeness (QED) is 0.782. The smallest absolute Gasteiger partial charge is 0.307 e. The first-order chi connectivity index (χ1) is 8.11. The minimum atomic E-state index is -0.674. The van der Waals surface area contributed by atoms with E-state index in [4.69, 9.17) is 5.11 Å². The molecule has 2 heterocycles. The maximum absolute atomic E-state index is 11.0. The van der Waals surface area contributed by atoms with Crippen molar-refractivity contribution in [1.29, 1.82) is 0 Å². The molecular formula is C13H24N2O2. The van der Waals surface area contributed by atoms with Gasteiger partial charge in [0.25, 0.3) is 0 Å². The van der Waals surface area contributed by atoms with Gasteiger partial charge in [-0.2, -0.15) is 0 Å². The second kappa shape index (κ2) is 5.36. The number of carboxylic acid groups (broad SMARTS) is 1. The predicted molar refractivity (Wildman–Crippen MR) is 67.0 cm³/mol. The zero-order valence-electron chi connectivity index (χ0n) is 10.9. The van der Waals surface area contributed by atoms with Crippen molar-refractivity contribution < 1.29 is 9.90 Å². The van der Waals surface area contributed by atoms with Gasteiger partial charge in [0.2, 0.25) is 0 Å². The molecule has 0 spiro atoms. The summed E-state index contributed by atoms with van der Waals surface area (Å²) in [7, 11) is 0. The van der Waals surface area contributed by atoms with Crippen molar-refractivity contribution in [3.8, 4) is 0 Å². The van der Waals surface area contributed by atoms with Gasteiger partial charge in [-0.3, -0.25) is 9.69 Å². The number of carbonyl (C=O) groups is 1. The van der Waals surface area contributed by atoms with Crippen LogP contribution in [0.3, 0.4) is 0 Å². The maximum Gasteiger partial charge on any atom is 0.307 e. The summed E-state index contributed by atoms with van der Waals surface area (Å²) in [6.45, 7) is 9.30. The van der Waals surface area contributed by atoms with Crippen molar-refractivity contribution >= 4 is 5.97 Å². The molecule has 0 radical (unpaired) electrons. The molecule has 4 heteroatoms. The molecule has 0 aromatic heterocycles. The Morgan fingerprint density at radius 2 is 2.18 bits per heavy atom. The summed E-state index contributed by atoms with van der Waals surface area (Å²) in [6.07, 6.45) is 2.51. The molecule has 2 rings (SSSR count). The van der Waals surface area contributed by atoms with Gasteiger partial charge in [0.05, 0.1) is 5.92 Å². The standard InChI is InChI=1S/C13H24N2O2/c1-3-15(8-10(2)13(16)17)12-5-7-14-6-4-11(12)9-14/h10-12H,3-9H2,1-2H3,(H,16,17). The van der Waals surface area contributed by atoms with E-state index in [0.717, 1.165) is 12.5 Å². The molecule has 0 saturated carbocycles. The topological polar surface area (TPSA) is 43.8 Å². The number of rotatable bonds is 5. The van der Waals surface area contributed by atoms with Gasteiger partial charge in [0.1, 0.15) is 0 Å². The van der Waals surface area contributed by atoms with E-state index in [0.29, 0.717) is 12.6 Å². The lowest BCUT2D eigenvalue weighted by Gasteiger charge is -2.39. The van der Waals surface area contributed by atoms with Crippen LogP contribution in [-0.2, 0) is 4.79 Å². The summed E-state index contributed by atoms with van der Waals surface area (Å²) in [5.74, 6) is -0.161. The molecule has 98 valence electrons. The number of nitrogens with zero attached hydrogens (tertiary/aromatic N) is 2. The molecule has 0 aromatic rings. The summed E-state index contributed by atoms with van der Waals surface area (Å²) < 4.78 is 0. The lowest BCUT2D eigenvalue weighted by atomic mass is 9.92. The number of piperidine rings is 1. The Balaban J connectivity index is 1.95. The van der Waals surface area contributed by atoms with E-state index in [9.17, 15) is 4.79 Å². The molecule has 2 aliphatic heterocycles. The minimum absolute atomic E-state index is 0.255. The van der Waals surface area contributed by atoms with Crippen LogP contribution in [-0.4, -0.2) is 59.6 Å². The molecule has 1 N–H and O–H groups in total. The predicted octanol–water partition coefficient (Wildman–Crippen LogP) is 1.12. The summed E-state index contributed by atoms with van der Waals surface area (Å²) >= 11 is 0. The second-order valence-electron chi connectivity index (χ2n) is 5.53. The van der Waals surface area contributed by atoms with Crippen LogP contribution < -0.4 is 0 Å². The van der Waals surface area contributed by atoms with Gasteiger partial charge >= 0.3 is 5.97 Å². The van der Waals surface area contributed by atoms with Gasteiger partial charge in [-0.05, 0) is 38.4 Å². The van der Waals surface area contributed by atoms with Crippen LogP contribution in [0.2, 0.25) is 0 Å². The largest absolute Gasteiger partial charge is 0.481 e. The number of carboxylic acids is 1. The van der Waals surface area contributed by atoms with Crippen molar-refractivity contribution in [3.05, 3.63) is 0 Å². The van der Waals surface area contributed by atoms with E-state index >= 15 is 0 Å². The third-order valence-corrected chi connectivity index (χ3v) is 4.40.